The van der Waals surface area contributed by atoms with E-state index in [0.29, 0.717) is 5.65 Å². The molecule has 1 atom stereocenters. The van der Waals surface area contributed by atoms with E-state index in [2.05, 4.69) is 81.2 Å². The third kappa shape index (κ3) is 3.25. The van der Waals surface area contributed by atoms with E-state index in [9.17, 15) is 0 Å². The molecule has 0 saturated heterocycles. The zero-order chi connectivity index (χ0) is 19.8. The average Bonchev–Trinajstić information content (AvgIpc) is 3.21. The number of nitrogens with zero attached hydrogens (tertiary/aromatic N) is 5. The van der Waals surface area contributed by atoms with Gasteiger partial charge in [-0.15, -0.1) is 11.8 Å². The van der Waals surface area contributed by atoms with E-state index in [1.807, 2.05) is 18.6 Å². The molecule has 0 amide bonds. The maximum Gasteiger partial charge on any atom is 0.197 e. The number of fused-ring (bicyclic) bond motifs is 2. The predicted molar refractivity (Wildman–Crippen MR) is 118 cm³/mol. The van der Waals surface area contributed by atoms with Crippen LogP contribution in [0, 0.1) is 0 Å². The normalized spacial score (nSPS) is 12.5. The first-order valence-corrected chi connectivity index (χ1v) is 10.6. The highest BCUT2D eigenvalue weighted by Gasteiger charge is 2.15. The molecule has 5 rings (SSSR count). The molecule has 0 radical (unpaired) electrons. The fraction of sp³-hybridized carbons (Fsp3) is 0.130. The molecule has 0 N–H and O–H groups in total. The molecule has 0 bridgehead atoms. The van der Waals surface area contributed by atoms with Gasteiger partial charge in [0.05, 0.1) is 29.8 Å². The third-order valence-corrected chi connectivity index (χ3v) is 5.94. The van der Waals surface area contributed by atoms with Gasteiger partial charge in [-0.1, -0.05) is 24.3 Å². The van der Waals surface area contributed by atoms with E-state index in [1.54, 1.807) is 18.0 Å². The molecule has 2 aromatic carbocycles. The summed E-state index contributed by atoms with van der Waals surface area (Å²) >= 11 is 1.73. The Morgan fingerprint density at radius 1 is 0.966 bits per heavy atom. The van der Waals surface area contributed by atoms with Crippen LogP contribution in [0.1, 0.15) is 18.5 Å². The Kier molecular flexibility index (Phi) is 4.48. The lowest BCUT2D eigenvalue weighted by Gasteiger charge is -2.15. The molecule has 1 unspecified atom stereocenters. The Balaban J connectivity index is 1.56. The van der Waals surface area contributed by atoms with Crippen molar-refractivity contribution in [3.8, 4) is 11.3 Å². The number of pyridine rings is 1. The Bertz CT molecular complexity index is 1310. The quantitative estimate of drug-likeness (QED) is 0.382. The van der Waals surface area contributed by atoms with Crippen molar-refractivity contribution in [2.24, 2.45) is 0 Å². The molecule has 6 heteroatoms. The third-order valence-electron chi connectivity index (χ3n) is 5.20. The second kappa shape index (κ2) is 7.29. The lowest BCUT2D eigenvalue weighted by molar-refractivity contribution is 0.653. The van der Waals surface area contributed by atoms with Crippen LogP contribution in [0.4, 0.5) is 0 Å². The zero-order valence-electron chi connectivity index (χ0n) is 16.1. The first kappa shape index (κ1) is 17.8. The van der Waals surface area contributed by atoms with Gasteiger partial charge in [-0.3, -0.25) is 4.98 Å². The summed E-state index contributed by atoms with van der Waals surface area (Å²) < 4.78 is 2.08. The van der Waals surface area contributed by atoms with Crippen molar-refractivity contribution in [3.05, 3.63) is 78.9 Å². The second-order valence-electron chi connectivity index (χ2n) is 6.91. The molecule has 0 aliphatic carbocycles. The summed E-state index contributed by atoms with van der Waals surface area (Å²) in [6, 6.07) is 18.9. The Labute approximate surface area is 172 Å². The fourth-order valence-electron chi connectivity index (χ4n) is 3.51. The standard InChI is InChI=1S/C23H19N5S/c1-15(17-7-10-20-18(12-17)4-3-11-24-20)28-14-26-22-23(28)27-21(13-25-22)16-5-8-19(29-2)9-6-16/h3-15H,1-2H3. The van der Waals surface area contributed by atoms with Crippen molar-refractivity contribution in [1.82, 2.24) is 24.5 Å². The van der Waals surface area contributed by atoms with Crippen LogP contribution in [0.15, 0.2) is 78.2 Å². The molecular formula is C23H19N5S. The summed E-state index contributed by atoms with van der Waals surface area (Å²) in [6.45, 7) is 2.15. The number of hydrogen-bond donors (Lipinski definition) is 0. The van der Waals surface area contributed by atoms with Gasteiger partial charge in [0.25, 0.3) is 0 Å². The highest BCUT2D eigenvalue weighted by molar-refractivity contribution is 7.98. The van der Waals surface area contributed by atoms with E-state index in [0.717, 1.165) is 27.8 Å². The molecule has 3 aromatic heterocycles. The Morgan fingerprint density at radius 2 is 1.83 bits per heavy atom. The van der Waals surface area contributed by atoms with Gasteiger partial charge in [-0.25, -0.2) is 15.0 Å². The lowest BCUT2D eigenvalue weighted by atomic mass is 10.1. The van der Waals surface area contributed by atoms with Gasteiger partial charge in [0.2, 0.25) is 0 Å². The number of thioether (sulfide) groups is 1. The maximum atomic E-state index is 4.89. The molecule has 142 valence electrons. The largest absolute Gasteiger partial charge is 0.307 e. The number of imidazole rings is 1. The van der Waals surface area contributed by atoms with Crippen molar-refractivity contribution in [1.29, 1.82) is 0 Å². The first-order valence-electron chi connectivity index (χ1n) is 9.41. The number of benzene rings is 2. The van der Waals surface area contributed by atoms with Crippen LogP contribution < -0.4 is 0 Å². The van der Waals surface area contributed by atoms with E-state index in [-0.39, 0.29) is 6.04 Å². The highest BCUT2D eigenvalue weighted by atomic mass is 32.2. The number of rotatable bonds is 4. The van der Waals surface area contributed by atoms with Gasteiger partial charge in [-0.05, 0) is 49.1 Å². The van der Waals surface area contributed by atoms with Gasteiger partial charge < -0.3 is 4.57 Å². The maximum absolute atomic E-state index is 4.89. The van der Waals surface area contributed by atoms with Crippen LogP contribution in [-0.4, -0.2) is 30.8 Å². The van der Waals surface area contributed by atoms with Crippen molar-refractivity contribution in [3.63, 3.8) is 0 Å². The molecule has 0 aliphatic rings. The summed E-state index contributed by atoms with van der Waals surface area (Å²) in [5.41, 5.74) is 5.52. The number of aromatic nitrogens is 5. The lowest BCUT2D eigenvalue weighted by Crippen LogP contribution is -2.07. The molecule has 0 aliphatic heterocycles. The zero-order valence-corrected chi connectivity index (χ0v) is 17.0. The SMILES string of the molecule is CSc1ccc(-c2cnc3ncn(C(C)c4ccc5ncccc5c4)c3n2)cc1. The van der Waals surface area contributed by atoms with Crippen molar-refractivity contribution in [2.75, 3.05) is 6.26 Å². The Hall–Kier alpha value is -3.25. The molecule has 0 fully saturated rings. The van der Waals surface area contributed by atoms with E-state index >= 15 is 0 Å². The van der Waals surface area contributed by atoms with Crippen LogP contribution >= 0.6 is 11.8 Å². The minimum absolute atomic E-state index is 0.0769. The van der Waals surface area contributed by atoms with E-state index in [4.69, 9.17) is 4.98 Å². The second-order valence-corrected chi connectivity index (χ2v) is 7.79. The molecule has 3 heterocycles. The average molecular weight is 398 g/mol. The summed E-state index contributed by atoms with van der Waals surface area (Å²) in [4.78, 5) is 19.5. The monoisotopic (exact) mass is 397 g/mol. The van der Waals surface area contributed by atoms with E-state index in [1.165, 1.54) is 10.5 Å². The highest BCUT2D eigenvalue weighted by Crippen LogP contribution is 2.27. The smallest absolute Gasteiger partial charge is 0.197 e. The predicted octanol–water partition coefficient (Wildman–Crippen LogP) is 5.37. The molecular weight excluding hydrogens is 378 g/mol. The number of hydrogen-bond acceptors (Lipinski definition) is 5. The summed E-state index contributed by atoms with van der Waals surface area (Å²) in [5.74, 6) is 0. The van der Waals surface area contributed by atoms with Gasteiger partial charge in [0.15, 0.2) is 11.3 Å². The van der Waals surface area contributed by atoms with Gasteiger partial charge in [-0.2, -0.15) is 0 Å². The van der Waals surface area contributed by atoms with Crippen LogP contribution in [0.25, 0.3) is 33.5 Å². The van der Waals surface area contributed by atoms with Gasteiger partial charge >= 0.3 is 0 Å². The van der Waals surface area contributed by atoms with Gasteiger partial charge in [0.1, 0.15) is 0 Å². The van der Waals surface area contributed by atoms with E-state index < -0.39 is 0 Å². The molecule has 5 aromatic rings. The Morgan fingerprint density at radius 3 is 2.66 bits per heavy atom. The summed E-state index contributed by atoms with van der Waals surface area (Å²) in [7, 11) is 0. The topological polar surface area (TPSA) is 56.5 Å². The molecule has 5 nitrogen and oxygen atoms in total. The van der Waals surface area contributed by atoms with Crippen LogP contribution in [0.5, 0.6) is 0 Å². The van der Waals surface area contributed by atoms with Crippen molar-refractivity contribution < 1.29 is 0 Å². The molecule has 0 saturated carbocycles. The van der Waals surface area contributed by atoms with Crippen LogP contribution in [0.3, 0.4) is 0 Å². The molecule has 0 spiro atoms. The fourth-order valence-corrected chi connectivity index (χ4v) is 3.92. The van der Waals surface area contributed by atoms with Crippen molar-refractivity contribution in [2.45, 2.75) is 17.9 Å². The van der Waals surface area contributed by atoms with Gasteiger partial charge in [0, 0.05) is 22.0 Å². The molecule has 29 heavy (non-hydrogen) atoms. The summed E-state index contributed by atoms with van der Waals surface area (Å²) in [5, 5.41) is 1.13. The van der Waals surface area contributed by atoms with Crippen molar-refractivity contribution >= 4 is 34.0 Å². The first-order chi connectivity index (χ1) is 14.2. The minimum atomic E-state index is 0.0769. The minimum Gasteiger partial charge on any atom is -0.307 e. The van der Waals surface area contributed by atoms with Crippen LogP contribution in [0.2, 0.25) is 0 Å². The van der Waals surface area contributed by atoms with Crippen LogP contribution in [-0.2, 0) is 0 Å². The summed E-state index contributed by atoms with van der Waals surface area (Å²) in [6.07, 6.45) is 7.50.